The highest BCUT2D eigenvalue weighted by Crippen LogP contribution is 2.25. The topological polar surface area (TPSA) is 105 Å². The summed E-state index contributed by atoms with van der Waals surface area (Å²) < 4.78 is 5.07. The van der Waals surface area contributed by atoms with Gasteiger partial charge in [0, 0.05) is 11.1 Å². The molecule has 8 nitrogen and oxygen atoms in total. The summed E-state index contributed by atoms with van der Waals surface area (Å²) in [5.41, 5.74) is -0.299. The first-order chi connectivity index (χ1) is 12.8. The van der Waals surface area contributed by atoms with Crippen LogP contribution in [0.2, 0.25) is 0 Å². The molecule has 0 aliphatic heterocycles. The number of rotatable bonds is 7. The Morgan fingerprint density at radius 3 is 2.04 bits per heavy atom. The molecule has 0 unspecified atom stereocenters. The van der Waals surface area contributed by atoms with Gasteiger partial charge in [0.25, 0.3) is 0 Å². The quantitative estimate of drug-likeness (QED) is 0.685. The lowest BCUT2D eigenvalue weighted by Crippen LogP contribution is -2.55. The van der Waals surface area contributed by atoms with E-state index < -0.39 is 41.6 Å². The van der Waals surface area contributed by atoms with Crippen LogP contribution >= 0.6 is 0 Å². The molecule has 0 fully saturated rings. The van der Waals surface area contributed by atoms with Crippen LogP contribution in [-0.4, -0.2) is 45.3 Å². The third-order valence-electron chi connectivity index (χ3n) is 3.57. The molecule has 156 valence electrons. The summed E-state index contributed by atoms with van der Waals surface area (Å²) in [6.45, 7) is 11.2. The summed E-state index contributed by atoms with van der Waals surface area (Å²) in [5.74, 6) is -2.12. The molecule has 1 aromatic rings. The van der Waals surface area contributed by atoms with Gasteiger partial charge in [0.2, 0.25) is 0 Å². The number of aliphatic carboxylic acids is 1. The van der Waals surface area contributed by atoms with Crippen LogP contribution in [0.1, 0.15) is 53.5 Å². The number of carboxylic acid groups (broad SMARTS) is 1. The molecule has 8 heteroatoms. The molecule has 0 saturated heterocycles. The smallest absolute Gasteiger partial charge is 0.408 e. The Kier molecular flexibility index (Phi) is 7.99. The Morgan fingerprint density at radius 1 is 1.04 bits per heavy atom. The van der Waals surface area contributed by atoms with E-state index in [0.717, 1.165) is 5.56 Å². The molecule has 1 aromatic carbocycles. The SMILES string of the molecule is CC(C)(C)N(OC(=O)[C@H](CC(=O)O)NC(=O)OCc1ccccc1)C(C)(C)C. The van der Waals surface area contributed by atoms with Crippen LogP contribution in [0, 0.1) is 0 Å². The van der Waals surface area contributed by atoms with Crippen LogP contribution in [0.25, 0.3) is 0 Å². The van der Waals surface area contributed by atoms with E-state index in [1.54, 1.807) is 24.3 Å². The highest BCUT2D eigenvalue weighted by Gasteiger charge is 2.38. The number of nitrogens with one attached hydrogen (secondary N) is 1. The van der Waals surface area contributed by atoms with Gasteiger partial charge < -0.3 is 20.0 Å². The molecule has 28 heavy (non-hydrogen) atoms. The number of benzene rings is 1. The fourth-order valence-corrected chi connectivity index (χ4v) is 2.71. The largest absolute Gasteiger partial charge is 0.481 e. The van der Waals surface area contributed by atoms with E-state index >= 15 is 0 Å². The molecule has 0 aromatic heterocycles. The summed E-state index contributed by atoms with van der Waals surface area (Å²) in [5, 5.41) is 12.9. The lowest BCUT2D eigenvalue weighted by molar-refractivity contribution is -0.248. The molecule has 2 N–H and O–H groups in total. The lowest BCUT2D eigenvalue weighted by Gasteiger charge is -2.43. The Bertz CT molecular complexity index is 662. The van der Waals surface area contributed by atoms with E-state index in [2.05, 4.69) is 5.32 Å². The molecule has 0 spiro atoms. The first-order valence-electron chi connectivity index (χ1n) is 9.02. The van der Waals surface area contributed by atoms with Crippen molar-refractivity contribution in [2.24, 2.45) is 0 Å². The van der Waals surface area contributed by atoms with Crippen LogP contribution in [0.5, 0.6) is 0 Å². The Balaban J connectivity index is 2.81. The second-order valence-corrected chi connectivity index (χ2v) is 8.40. The van der Waals surface area contributed by atoms with Crippen molar-refractivity contribution in [3.05, 3.63) is 35.9 Å². The number of nitrogens with zero attached hydrogens (tertiary/aromatic N) is 1. The van der Waals surface area contributed by atoms with Crippen molar-refractivity contribution in [3.8, 4) is 0 Å². The molecule has 0 aliphatic rings. The second-order valence-electron chi connectivity index (χ2n) is 8.40. The average molecular weight is 394 g/mol. The lowest BCUT2D eigenvalue weighted by atomic mass is 10.00. The Morgan fingerprint density at radius 2 is 1.57 bits per heavy atom. The third kappa shape index (κ3) is 7.96. The van der Waals surface area contributed by atoms with Gasteiger partial charge in [0.05, 0.1) is 6.42 Å². The van der Waals surface area contributed by atoms with Crippen LogP contribution in [0.3, 0.4) is 0 Å². The number of carboxylic acids is 1. The number of alkyl carbamates (subject to hydrolysis) is 1. The minimum atomic E-state index is -1.38. The Hall–Kier alpha value is -2.61. The molecule has 1 amide bonds. The summed E-state index contributed by atoms with van der Waals surface area (Å²) >= 11 is 0. The van der Waals surface area contributed by atoms with E-state index in [9.17, 15) is 14.4 Å². The first kappa shape index (κ1) is 23.4. The predicted octanol–water partition coefficient (Wildman–Crippen LogP) is 3.11. The van der Waals surface area contributed by atoms with Gasteiger partial charge in [-0.3, -0.25) is 4.79 Å². The zero-order chi connectivity index (χ0) is 21.5. The normalized spacial score (nSPS) is 13.0. The van der Waals surface area contributed by atoms with Crippen molar-refractivity contribution >= 4 is 18.0 Å². The van der Waals surface area contributed by atoms with Crippen molar-refractivity contribution in [1.29, 1.82) is 0 Å². The molecule has 1 rings (SSSR count). The van der Waals surface area contributed by atoms with Gasteiger partial charge in [-0.25, -0.2) is 9.59 Å². The maximum atomic E-state index is 12.6. The number of carbonyl (C=O) groups excluding carboxylic acids is 2. The number of carbonyl (C=O) groups is 3. The summed E-state index contributed by atoms with van der Waals surface area (Å²) in [6.07, 6.45) is -1.52. The highest BCUT2D eigenvalue weighted by atomic mass is 16.7. The van der Waals surface area contributed by atoms with Gasteiger partial charge >= 0.3 is 18.0 Å². The molecule has 0 aliphatic carbocycles. The Labute approximate surface area is 165 Å². The number of hydrogen-bond acceptors (Lipinski definition) is 6. The van der Waals surface area contributed by atoms with Gasteiger partial charge in [-0.05, 0) is 47.1 Å². The van der Waals surface area contributed by atoms with Gasteiger partial charge in [0.1, 0.15) is 12.6 Å². The highest BCUT2D eigenvalue weighted by molar-refractivity contribution is 5.85. The third-order valence-corrected chi connectivity index (χ3v) is 3.57. The minimum absolute atomic E-state index is 0.00236. The zero-order valence-electron chi connectivity index (χ0n) is 17.3. The standard InChI is InChI=1S/C20H30N2O6/c1-19(2,3)22(20(4,5)6)28-17(25)15(12-16(23)24)21-18(26)27-13-14-10-8-7-9-11-14/h7-11,15H,12-13H2,1-6H3,(H,21,26)(H,23,24)/t15-/m0/s1. The van der Waals surface area contributed by atoms with Crippen molar-refractivity contribution in [2.75, 3.05) is 0 Å². The van der Waals surface area contributed by atoms with E-state index in [0.29, 0.717) is 0 Å². The minimum Gasteiger partial charge on any atom is -0.481 e. The number of ether oxygens (including phenoxy) is 1. The van der Waals surface area contributed by atoms with Crippen molar-refractivity contribution in [3.63, 3.8) is 0 Å². The van der Waals surface area contributed by atoms with Crippen LogP contribution in [0.15, 0.2) is 30.3 Å². The first-order valence-corrected chi connectivity index (χ1v) is 9.02. The van der Waals surface area contributed by atoms with E-state index in [1.165, 1.54) is 5.06 Å². The number of hydroxylamine groups is 2. The van der Waals surface area contributed by atoms with E-state index in [4.69, 9.17) is 14.7 Å². The monoisotopic (exact) mass is 394 g/mol. The number of hydrogen-bond donors (Lipinski definition) is 2. The zero-order valence-corrected chi connectivity index (χ0v) is 17.3. The van der Waals surface area contributed by atoms with E-state index in [1.807, 2.05) is 47.6 Å². The van der Waals surface area contributed by atoms with Crippen molar-refractivity contribution in [2.45, 2.75) is 71.7 Å². The molecule has 0 bridgehead atoms. The van der Waals surface area contributed by atoms with Crippen LogP contribution in [0.4, 0.5) is 4.79 Å². The van der Waals surface area contributed by atoms with Gasteiger partial charge in [-0.15, -0.1) is 5.06 Å². The summed E-state index contributed by atoms with van der Waals surface area (Å²) in [4.78, 5) is 41.2. The van der Waals surface area contributed by atoms with Gasteiger partial charge in [-0.2, -0.15) is 0 Å². The van der Waals surface area contributed by atoms with Gasteiger partial charge in [-0.1, -0.05) is 30.3 Å². The molecular formula is C20H30N2O6. The maximum Gasteiger partial charge on any atom is 0.408 e. The number of amides is 1. The fraction of sp³-hybridized carbons (Fsp3) is 0.550. The molecule has 0 radical (unpaired) electrons. The average Bonchev–Trinajstić information content (AvgIpc) is 2.55. The predicted molar refractivity (Wildman–Crippen MR) is 103 cm³/mol. The van der Waals surface area contributed by atoms with Crippen molar-refractivity contribution < 1.29 is 29.1 Å². The fourth-order valence-electron chi connectivity index (χ4n) is 2.71. The maximum absolute atomic E-state index is 12.6. The molecule has 1 atom stereocenters. The van der Waals surface area contributed by atoms with Crippen LogP contribution in [-0.2, 0) is 25.8 Å². The molecular weight excluding hydrogens is 364 g/mol. The van der Waals surface area contributed by atoms with Gasteiger partial charge in [0.15, 0.2) is 0 Å². The molecule has 0 heterocycles. The van der Waals surface area contributed by atoms with Crippen LogP contribution < -0.4 is 5.32 Å². The van der Waals surface area contributed by atoms with E-state index in [-0.39, 0.29) is 6.61 Å². The summed E-state index contributed by atoms with van der Waals surface area (Å²) in [7, 11) is 0. The molecule has 0 saturated carbocycles. The summed E-state index contributed by atoms with van der Waals surface area (Å²) in [6, 6.07) is 7.61. The second kappa shape index (κ2) is 9.54. The van der Waals surface area contributed by atoms with Crippen molar-refractivity contribution in [1.82, 2.24) is 10.4 Å².